The highest BCUT2D eigenvalue weighted by molar-refractivity contribution is 7.90. The molecule has 0 spiro atoms. The Bertz CT molecular complexity index is 1080. The summed E-state index contributed by atoms with van der Waals surface area (Å²) in [7, 11) is -4.11. The monoisotopic (exact) mass is 414 g/mol. The van der Waals surface area contributed by atoms with E-state index in [2.05, 4.69) is 9.88 Å². The van der Waals surface area contributed by atoms with Crippen LogP contribution in [0.3, 0.4) is 0 Å². The highest BCUT2D eigenvalue weighted by atomic mass is 32.2. The number of piperazine rings is 1. The number of amides is 2. The number of anilines is 1. The molecule has 3 heterocycles. The van der Waals surface area contributed by atoms with E-state index in [0.29, 0.717) is 41.7 Å². The van der Waals surface area contributed by atoms with Crippen molar-refractivity contribution < 1.29 is 18.0 Å². The molecule has 9 heteroatoms. The second-order valence-corrected chi connectivity index (χ2v) is 9.06. The fourth-order valence-electron chi connectivity index (χ4n) is 3.82. The van der Waals surface area contributed by atoms with Crippen LogP contribution in [0.4, 0.5) is 5.69 Å². The zero-order valence-corrected chi connectivity index (χ0v) is 17.1. The standard InChI is InChI=1S/C20H22N4O4S/c1-14-12-15(2)21-19-18(14)20(26)24(29(19,27)28)13-17(25)23-10-8-22(9-11-23)16-6-4-3-5-7-16/h3-7,12H,8-11,13H2,1-2H3. The first-order valence-electron chi connectivity index (χ1n) is 9.42. The van der Waals surface area contributed by atoms with Crippen molar-refractivity contribution in [2.45, 2.75) is 18.9 Å². The number of rotatable bonds is 3. The summed E-state index contributed by atoms with van der Waals surface area (Å²) in [6.45, 7) is 5.09. The molecule has 2 aromatic rings. The van der Waals surface area contributed by atoms with Crippen LogP contribution in [-0.2, 0) is 14.8 Å². The number of carbonyl (C=O) groups is 2. The molecule has 8 nitrogen and oxygen atoms in total. The molecule has 0 saturated carbocycles. The van der Waals surface area contributed by atoms with Gasteiger partial charge >= 0.3 is 0 Å². The maximum absolute atomic E-state index is 12.8. The van der Waals surface area contributed by atoms with E-state index in [4.69, 9.17) is 0 Å². The SMILES string of the molecule is Cc1cc(C)c2c(n1)S(=O)(=O)N(CC(=O)N1CCN(c3ccccc3)CC1)C2=O. The van der Waals surface area contributed by atoms with Gasteiger partial charge in [0.05, 0.1) is 5.56 Å². The second-order valence-electron chi connectivity index (χ2n) is 7.28. The van der Waals surface area contributed by atoms with Gasteiger partial charge in [0, 0.05) is 37.6 Å². The maximum atomic E-state index is 12.8. The van der Waals surface area contributed by atoms with Gasteiger partial charge < -0.3 is 9.80 Å². The highest BCUT2D eigenvalue weighted by Crippen LogP contribution is 2.31. The Labute approximate surface area is 169 Å². The molecule has 1 aromatic carbocycles. The third kappa shape index (κ3) is 3.35. The summed E-state index contributed by atoms with van der Waals surface area (Å²) < 4.78 is 26.3. The summed E-state index contributed by atoms with van der Waals surface area (Å²) in [5.41, 5.74) is 2.22. The molecule has 0 N–H and O–H groups in total. The van der Waals surface area contributed by atoms with Crippen LogP contribution < -0.4 is 4.90 Å². The van der Waals surface area contributed by atoms with Crippen LogP contribution in [0.5, 0.6) is 0 Å². The molecular formula is C20H22N4O4S. The minimum absolute atomic E-state index is 0.0669. The van der Waals surface area contributed by atoms with E-state index >= 15 is 0 Å². The quantitative estimate of drug-likeness (QED) is 0.749. The van der Waals surface area contributed by atoms with E-state index in [1.54, 1.807) is 24.8 Å². The van der Waals surface area contributed by atoms with Crippen LogP contribution in [0, 0.1) is 13.8 Å². The van der Waals surface area contributed by atoms with Gasteiger partial charge in [0.1, 0.15) is 6.54 Å². The lowest BCUT2D eigenvalue weighted by molar-refractivity contribution is -0.131. The second kappa shape index (κ2) is 7.14. The summed E-state index contributed by atoms with van der Waals surface area (Å²) in [5.74, 6) is -1.06. The molecule has 2 aliphatic rings. The number of pyridine rings is 1. The summed E-state index contributed by atoms with van der Waals surface area (Å²) in [6, 6.07) is 11.6. The third-order valence-corrected chi connectivity index (χ3v) is 6.98. The summed E-state index contributed by atoms with van der Waals surface area (Å²) in [4.78, 5) is 33.3. The van der Waals surface area contributed by atoms with Crippen molar-refractivity contribution in [2.24, 2.45) is 0 Å². The van der Waals surface area contributed by atoms with E-state index in [9.17, 15) is 18.0 Å². The zero-order chi connectivity index (χ0) is 20.8. The largest absolute Gasteiger partial charge is 0.368 e. The Morgan fingerprint density at radius 1 is 1.07 bits per heavy atom. The minimum Gasteiger partial charge on any atom is -0.368 e. The molecule has 152 valence electrons. The smallest absolute Gasteiger partial charge is 0.285 e. The first kappa shape index (κ1) is 19.4. The number of nitrogens with zero attached hydrogens (tertiary/aromatic N) is 4. The fraction of sp³-hybridized carbons (Fsp3) is 0.350. The Hall–Kier alpha value is -2.94. The van der Waals surface area contributed by atoms with Gasteiger partial charge in [0.15, 0.2) is 5.03 Å². The van der Waals surface area contributed by atoms with Crippen molar-refractivity contribution >= 4 is 27.5 Å². The number of benzene rings is 1. The summed E-state index contributed by atoms with van der Waals surface area (Å²) in [5, 5.41) is -0.248. The first-order chi connectivity index (χ1) is 13.8. The van der Waals surface area contributed by atoms with Crippen LogP contribution in [0.25, 0.3) is 0 Å². The molecule has 4 rings (SSSR count). The molecule has 0 unspecified atom stereocenters. The van der Waals surface area contributed by atoms with Gasteiger partial charge in [-0.15, -0.1) is 0 Å². The van der Waals surface area contributed by atoms with Gasteiger partial charge in [0.25, 0.3) is 15.9 Å². The summed E-state index contributed by atoms with van der Waals surface area (Å²) >= 11 is 0. The van der Waals surface area contributed by atoms with Crippen molar-refractivity contribution in [3.05, 3.63) is 53.2 Å². The lowest BCUT2D eigenvalue weighted by atomic mass is 10.1. The van der Waals surface area contributed by atoms with E-state index in [1.807, 2.05) is 30.3 Å². The van der Waals surface area contributed by atoms with Crippen LogP contribution in [0.1, 0.15) is 21.6 Å². The third-order valence-electron chi connectivity index (χ3n) is 5.32. The van der Waals surface area contributed by atoms with E-state index in [0.717, 1.165) is 5.69 Å². The molecule has 0 atom stereocenters. The average molecular weight is 414 g/mol. The van der Waals surface area contributed by atoms with Crippen LogP contribution in [0.2, 0.25) is 0 Å². The molecule has 1 saturated heterocycles. The van der Waals surface area contributed by atoms with Gasteiger partial charge in [-0.3, -0.25) is 9.59 Å². The molecule has 0 aliphatic carbocycles. The van der Waals surface area contributed by atoms with E-state index in [1.165, 1.54) is 0 Å². The van der Waals surface area contributed by atoms with Gasteiger partial charge in [0.2, 0.25) is 5.91 Å². The predicted molar refractivity (Wildman–Crippen MR) is 107 cm³/mol. The highest BCUT2D eigenvalue weighted by Gasteiger charge is 2.45. The number of hydrogen-bond donors (Lipinski definition) is 0. The molecule has 0 bridgehead atoms. The normalized spacial score (nSPS) is 18.1. The number of aromatic nitrogens is 1. The van der Waals surface area contributed by atoms with Crippen LogP contribution >= 0.6 is 0 Å². The first-order valence-corrected chi connectivity index (χ1v) is 10.9. The average Bonchev–Trinajstić information content (AvgIpc) is 2.89. The van der Waals surface area contributed by atoms with E-state index < -0.39 is 22.5 Å². The van der Waals surface area contributed by atoms with Crippen molar-refractivity contribution in [3.63, 3.8) is 0 Å². The molecular weight excluding hydrogens is 392 g/mol. The van der Waals surface area contributed by atoms with Gasteiger partial charge in [-0.1, -0.05) is 18.2 Å². The molecule has 1 fully saturated rings. The minimum atomic E-state index is -4.11. The number of aryl methyl sites for hydroxylation is 2. The van der Waals surface area contributed by atoms with Crippen molar-refractivity contribution in [1.82, 2.24) is 14.2 Å². The lowest BCUT2D eigenvalue weighted by Crippen LogP contribution is -2.51. The molecule has 29 heavy (non-hydrogen) atoms. The molecule has 2 aliphatic heterocycles. The molecule has 2 amide bonds. The number of para-hydroxylation sites is 1. The Morgan fingerprint density at radius 2 is 1.72 bits per heavy atom. The Morgan fingerprint density at radius 3 is 2.38 bits per heavy atom. The fourth-order valence-corrected chi connectivity index (χ4v) is 5.38. The lowest BCUT2D eigenvalue weighted by Gasteiger charge is -2.36. The van der Waals surface area contributed by atoms with Crippen LogP contribution in [0.15, 0.2) is 41.4 Å². The maximum Gasteiger partial charge on any atom is 0.285 e. The number of hydrogen-bond acceptors (Lipinski definition) is 6. The van der Waals surface area contributed by atoms with Crippen molar-refractivity contribution in [2.75, 3.05) is 37.6 Å². The Kier molecular flexibility index (Phi) is 4.77. The topological polar surface area (TPSA) is 90.9 Å². The van der Waals surface area contributed by atoms with E-state index in [-0.39, 0.29) is 16.5 Å². The van der Waals surface area contributed by atoms with Crippen molar-refractivity contribution in [3.8, 4) is 0 Å². The van der Waals surface area contributed by atoms with Gasteiger partial charge in [-0.05, 0) is 37.6 Å². The predicted octanol–water partition coefficient (Wildman–Crippen LogP) is 1.19. The Balaban J connectivity index is 1.47. The van der Waals surface area contributed by atoms with Crippen LogP contribution in [-0.4, -0.2) is 67.1 Å². The molecule has 1 aromatic heterocycles. The van der Waals surface area contributed by atoms with Crippen molar-refractivity contribution in [1.29, 1.82) is 0 Å². The zero-order valence-electron chi connectivity index (χ0n) is 16.3. The molecule has 0 radical (unpaired) electrons. The van der Waals surface area contributed by atoms with Gasteiger partial charge in [-0.2, -0.15) is 8.42 Å². The number of fused-ring (bicyclic) bond motifs is 1. The van der Waals surface area contributed by atoms with Gasteiger partial charge in [-0.25, -0.2) is 9.29 Å². The number of carbonyl (C=O) groups excluding carboxylic acids is 2. The summed E-state index contributed by atoms with van der Waals surface area (Å²) in [6.07, 6.45) is 0. The number of sulfonamides is 1.